The molecule has 0 aliphatic carbocycles. The van der Waals surface area contributed by atoms with Crippen molar-refractivity contribution in [1.82, 2.24) is 4.98 Å². The third kappa shape index (κ3) is 2.83. The first kappa shape index (κ1) is 13.8. The number of nitrogens with zero attached hydrogens (tertiary/aromatic N) is 2. The molecule has 0 radical (unpaired) electrons. The summed E-state index contributed by atoms with van der Waals surface area (Å²) in [4.78, 5) is 27.0. The maximum Gasteiger partial charge on any atom is 0.413 e. The first-order valence-corrected chi connectivity index (χ1v) is 5.83. The van der Waals surface area contributed by atoms with Crippen molar-refractivity contribution in [2.24, 2.45) is 5.73 Å². The zero-order valence-electron chi connectivity index (χ0n) is 10.4. The Morgan fingerprint density at radius 1 is 1.20 bits per heavy atom. The monoisotopic (exact) mass is 275 g/mol. The smallest absolute Gasteiger partial charge is 0.413 e. The number of hydrogen-bond donors (Lipinski definition) is 3. The van der Waals surface area contributed by atoms with Crippen LogP contribution < -0.4 is 10.6 Å². The number of aromatic nitrogens is 1. The van der Waals surface area contributed by atoms with Crippen LogP contribution in [0.3, 0.4) is 0 Å². The molecular formula is C13H13N3O4. The average Bonchev–Trinajstić information content (AvgIpc) is 2.43. The third-order valence-electron chi connectivity index (χ3n) is 2.79. The Kier molecular flexibility index (Phi) is 3.81. The van der Waals surface area contributed by atoms with E-state index in [0.29, 0.717) is 5.52 Å². The number of benzene rings is 1. The first-order chi connectivity index (χ1) is 9.49. The van der Waals surface area contributed by atoms with E-state index in [-0.39, 0.29) is 12.4 Å². The second kappa shape index (κ2) is 5.54. The Labute approximate surface area is 114 Å². The van der Waals surface area contributed by atoms with Crippen molar-refractivity contribution in [2.75, 3.05) is 11.4 Å². The quantitative estimate of drug-likeness (QED) is 0.770. The highest BCUT2D eigenvalue weighted by Crippen LogP contribution is 2.18. The number of anilines is 1. The van der Waals surface area contributed by atoms with Crippen molar-refractivity contribution in [2.45, 2.75) is 6.04 Å². The summed E-state index contributed by atoms with van der Waals surface area (Å²) in [5.74, 6) is -1.12. The molecule has 1 amide bonds. The molecule has 20 heavy (non-hydrogen) atoms. The van der Waals surface area contributed by atoms with Crippen LogP contribution in [0, 0.1) is 0 Å². The number of carboxylic acid groups (broad SMARTS) is 2. The molecule has 0 spiro atoms. The number of rotatable bonds is 4. The molecule has 1 heterocycles. The predicted molar refractivity (Wildman–Crippen MR) is 72.7 cm³/mol. The lowest BCUT2D eigenvalue weighted by Gasteiger charge is -2.20. The summed E-state index contributed by atoms with van der Waals surface area (Å²) in [6.45, 7) is -0.365. The molecule has 7 nitrogen and oxygen atoms in total. The van der Waals surface area contributed by atoms with Gasteiger partial charge in [-0.15, -0.1) is 0 Å². The van der Waals surface area contributed by atoms with Crippen LogP contribution in [0.5, 0.6) is 0 Å². The number of para-hydroxylation sites is 1. The van der Waals surface area contributed by atoms with Crippen LogP contribution in [0.2, 0.25) is 0 Å². The zero-order valence-corrected chi connectivity index (χ0v) is 10.4. The number of carboxylic acids is 1. The molecular weight excluding hydrogens is 262 g/mol. The normalized spacial score (nSPS) is 12.1. The van der Waals surface area contributed by atoms with Gasteiger partial charge in [0.05, 0.1) is 12.1 Å². The average molecular weight is 275 g/mol. The van der Waals surface area contributed by atoms with E-state index in [0.717, 1.165) is 10.3 Å². The lowest BCUT2D eigenvalue weighted by Crippen LogP contribution is -2.45. The molecule has 7 heteroatoms. The Bertz CT molecular complexity index is 659. The van der Waals surface area contributed by atoms with E-state index in [1.165, 1.54) is 6.07 Å². The summed E-state index contributed by atoms with van der Waals surface area (Å²) in [6, 6.07) is 9.16. The number of nitrogens with two attached hydrogens (primary N) is 1. The van der Waals surface area contributed by atoms with Gasteiger partial charge < -0.3 is 15.9 Å². The molecule has 0 fully saturated rings. The summed E-state index contributed by atoms with van der Waals surface area (Å²) >= 11 is 0. The minimum Gasteiger partial charge on any atom is -0.480 e. The highest BCUT2D eigenvalue weighted by Gasteiger charge is 2.22. The molecule has 2 aromatic rings. The maximum atomic E-state index is 11.2. The molecule has 0 aliphatic rings. The van der Waals surface area contributed by atoms with Crippen LogP contribution in [-0.4, -0.2) is 39.8 Å². The van der Waals surface area contributed by atoms with Gasteiger partial charge in [0.15, 0.2) is 0 Å². The molecule has 0 saturated carbocycles. The topological polar surface area (TPSA) is 117 Å². The molecule has 1 aromatic heterocycles. The molecule has 2 rings (SSSR count). The van der Waals surface area contributed by atoms with Crippen LogP contribution in [0.4, 0.5) is 10.6 Å². The number of amides is 1. The van der Waals surface area contributed by atoms with Gasteiger partial charge in [0.1, 0.15) is 11.9 Å². The molecule has 0 saturated heterocycles. The standard InChI is InChI=1S/C13H13N3O4/c14-9(12(17)18)7-16(13(19)20)11-6-5-8-3-1-2-4-10(8)15-11/h1-6,9H,7,14H2,(H,17,18)(H,19,20). The van der Waals surface area contributed by atoms with Crippen molar-refractivity contribution < 1.29 is 19.8 Å². The van der Waals surface area contributed by atoms with Gasteiger partial charge in [0.25, 0.3) is 0 Å². The summed E-state index contributed by atoms with van der Waals surface area (Å²) in [5.41, 5.74) is 6.00. The Hall–Kier alpha value is -2.67. The minimum absolute atomic E-state index is 0.146. The van der Waals surface area contributed by atoms with Gasteiger partial charge in [0.2, 0.25) is 0 Å². The molecule has 1 atom stereocenters. The maximum absolute atomic E-state index is 11.2. The van der Waals surface area contributed by atoms with Crippen molar-refractivity contribution >= 4 is 28.8 Å². The summed E-state index contributed by atoms with van der Waals surface area (Å²) < 4.78 is 0. The second-order valence-corrected chi connectivity index (χ2v) is 4.20. The minimum atomic E-state index is -1.31. The molecule has 1 aromatic carbocycles. The summed E-state index contributed by atoms with van der Waals surface area (Å²) in [5, 5.41) is 18.8. The number of fused-ring (bicyclic) bond motifs is 1. The van der Waals surface area contributed by atoms with E-state index in [2.05, 4.69) is 4.98 Å². The molecule has 0 aliphatic heterocycles. The Morgan fingerprint density at radius 2 is 1.90 bits per heavy atom. The number of aliphatic carboxylic acids is 1. The molecule has 0 bridgehead atoms. The fourth-order valence-electron chi connectivity index (χ4n) is 1.75. The third-order valence-corrected chi connectivity index (χ3v) is 2.79. The highest BCUT2D eigenvalue weighted by molar-refractivity contribution is 5.89. The van der Waals surface area contributed by atoms with E-state index < -0.39 is 18.1 Å². The van der Waals surface area contributed by atoms with E-state index >= 15 is 0 Å². The van der Waals surface area contributed by atoms with Gasteiger partial charge in [-0.05, 0) is 18.2 Å². The van der Waals surface area contributed by atoms with Crippen LogP contribution >= 0.6 is 0 Å². The van der Waals surface area contributed by atoms with E-state index in [9.17, 15) is 9.59 Å². The van der Waals surface area contributed by atoms with Crippen molar-refractivity contribution in [1.29, 1.82) is 0 Å². The van der Waals surface area contributed by atoms with Crippen molar-refractivity contribution in [3.05, 3.63) is 36.4 Å². The first-order valence-electron chi connectivity index (χ1n) is 5.83. The van der Waals surface area contributed by atoms with Crippen LogP contribution in [0.15, 0.2) is 36.4 Å². The lowest BCUT2D eigenvalue weighted by molar-refractivity contribution is -0.138. The van der Waals surface area contributed by atoms with E-state index in [1.54, 1.807) is 18.2 Å². The molecule has 1 unspecified atom stereocenters. The predicted octanol–water partition coefficient (Wildman–Crippen LogP) is 1.13. The van der Waals surface area contributed by atoms with Gasteiger partial charge in [-0.2, -0.15) is 0 Å². The van der Waals surface area contributed by atoms with Gasteiger partial charge >= 0.3 is 12.1 Å². The highest BCUT2D eigenvalue weighted by atomic mass is 16.4. The Morgan fingerprint density at radius 3 is 2.55 bits per heavy atom. The zero-order chi connectivity index (χ0) is 14.7. The van der Waals surface area contributed by atoms with Gasteiger partial charge in [-0.3, -0.25) is 9.69 Å². The van der Waals surface area contributed by atoms with Gasteiger partial charge in [-0.1, -0.05) is 18.2 Å². The fourth-order valence-corrected chi connectivity index (χ4v) is 1.75. The molecule has 104 valence electrons. The number of carbonyl (C=O) groups is 2. The van der Waals surface area contributed by atoms with Gasteiger partial charge in [0, 0.05) is 5.39 Å². The van der Waals surface area contributed by atoms with Gasteiger partial charge in [-0.25, -0.2) is 9.78 Å². The second-order valence-electron chi connectivity index (χ2n) is 4.20. The molecule has 4 N–H and O–H groups in total. The summed E-state index contributed by atoms with van der Waals surface area (Å²) in [7, 11) is 0. The Balaban J connectivity index is 2.36. The lowest BCUT2D eigenvalue weighted by atomic mass is 10.2. The summed E-state index contributed by atoms with van der Waals surface area (Å²) in [6.07, 6.45) is -1.30. The van der Waals surface area contributed by atoms with Crippen LogP contribution in [-0.2, 0) is 4.79 Å². The SMILES string of the molecule is NC(CN(C(=O)O)c1ccc2ccccc2n1)C(=O)O. The fraction of sp³-hybridized carbons (Fsp3) is 0.154. The van der Waals surface area contributed by atoms with Crippen molar-refractivity contribution in [3.8, 4) is 0 Å². The number of hydrogen-bond acceptors (Lipinski definition) is 4. The van der Waals surface area contributed by atoms with Crippen LogP contribution in [0.1, 0.15) is 0 Å². The largest absolute Gasteiger partial charge is 0.480 e. The van der Waals surface area contributed by atoms with E-state index in [4.69, 9.17) is 15.9 Å². The number of pyridine rings is 1. The van der Waals surface area contributed by atoms with Crippen LogP contribution in [0.25, 0.3) is 10.9 Å². The van der Waals surface area contributed by atoms with Crippen molar-refractivity contribution in [3.63, 3.8) is 0 Å². The van der Waals surface area contributed by atoms with E-state index in [1.807, 2.05) is 12.1 Å².